The molecule has 0 spiro atoms. The van der Waals surface area contributed by atoms with Gasteiger partial charge in [-0.3, -0.25) is 14.4 Å². The number of H-pyrrole nitrogens is 1. The van der Waals surface area contributed by atoms with Gasteiger partial charge in [0.2, 0.25) is 0 Å². The fourth-order valence-electron chi connectivity index (χ4n) is 3.20. The van der Waals surface area contributed by atoms with Gasteiger partial charge in [0.15, 0.2) is 12.9 Å². The molecule has 29 heavy (non-hydrogen) atoms. The molecule has 1 aliphatic heterocycles. The van der Waals surface area contributed by atoms with E-state index >= 15 is 0 Å². The van der Waals surface area contributed by atoms with Crippen molar-refractivity contribution in [3.63, 3.8) is 0 Å². The lowest BCUT2D eigenvalue weighted by atomic mass is 10.0. The van der Waals surface area contributed by atoms with E-state index in [4.69, 9.17) is 4.74 Å². The number of amides is 1. The van der Waals surface area contributed by atoms with Crippen LogP contribution in [-0.4, -0.2) is 41.8 Å². The van der Waals surface area contributed by atoms with Gasteiger partial charge in [-0.15, -0.1) is 0 Å². The zero-order valence-electron chi connectivity index (χ0n) is 15.4. The Morgan fingerprint density at radius 2 is 1.79 bits per heavy atom. The van der Waals surface area contributed by atoms with Gasteiger partial charge in [0.1, 0.15) is 11.4 Å². The Morgan fingerprint density at radius 3 is 2.38 bits per heavy atom. The van der Waals surface area contributed by atoms with E-state index in [1.807, 2.05) is 0 Å². The number of ether oxygens (including phenoxy) is 1. The molecule has 0 bridgehead atoms. The zero-order valence-corrected chi connectivity index (χ0v) is 15.4. The first-order chi connectivity index (χ1) is 13.8. The third-order valence-electron chi connectivity index (χ3n) is 4.72. The summed E-state index contributed by atoms with van der Waals surface area (Å²) in [7, 11) is 0. The Hall–Kier alpha value is -3.10. The molecule has 0 radical (unpaired) electrons. The van der Waals surface area contributed by atoms with Crippen molar-refractivity contribution in [2.24, 2.45) is 0 Å². The molecule has 0 aliphatic carbocycles. The van der Waals surface area contributed by atoms with Crippen LogP contribution in [0.1, 0.15) is 35.3 Å². The Bertz CT molecular complexity index is 946. The summed E-state index contributed by atoms with van der Waals surface area (Å²) in [5.41, 5.74) is -2.92. The SMILES string of the molecule is O=Cc1cc(-c2ccc(OCC(=O)N3CCCCC3)cc2)c(C(F)(F)F)[nH]c1=O. The Balaban J connectivity index is 1.78. The maximum atomic E-state index is 13.3. The number of pyridine rings is 1. The molecular weight excluding hydrogens is 389 g/mol. The van der Waals surface area contributed by atoms with Crippen LogP contribution in [0.25, 0.3) is 11.1 Å². The number of rotatable bonds is 5. The molecule has 1 aliphatic rings. The first-order valence-electron chi connectivity index (χ1n) is 9.10. The lowest BCUT2D eigenvalue weighted by molar-refractivity contribution is -0.140. The van der Waals surface area contributed by atoms with Crippen LogP contribution in [0.2, 0.25) is 0 Å². The normalized spacial score (nSPS) is 14.5. The smallest absolute Gasteiger partial charge is 0.431 e. The predicted molar refractivity (Wildman–Crippen MR) is 98.8 cm³/mol. The highest BCUT2D eigenvalue weighted by atomic mass is 19.4. The van der Waals surface area contributed by atoms with Crippen molar-refractivity contribution < 1.29 is 27.5 Å². The number of piperidine rings is 1. The van der Waals surface area contributed by atoms with Crippen molar-refractivity contribution in [2.45, 2.75) is 25.4 Å². The van der Waals surface area contributed by atoms with Crippen molar-refractivity contribution >= 4 is 12.2 Å². The minimum Gasteiger partial charge on any atom is -0.484 e. The second-order valence-corrected chi connectivity index (χ2v) is 6.71. The molecule has 1 amide bonds. The van der Waals surface area contributed by atoms with E-state index < -0.39 is 23.0 Å². The first kappa shape index (κ1) is 20.6. The van der Waals surface area contributed by atoms with Crippen molar-refractivity contribution in [3.8, 4) is 16.9 Å². The molecule has 0 atom stereocenters. The zero-order chi connectivity index (χ0) is 21.0. The minimum atomic E-state index is -4.80. The second-order valence-electron chi connectivity index (χ2n) is 6.71. The molecule has 6 nitrogen and oxygen atoms in total. The van der Waals surface area contributed by atoms with Gasteiger partial charge in [0, 0.05) is 18.7 Å². The second kappa shape index (κ2) is 8.50. The van der Waals surface area contributed by atoms with Crippen LogP contribution >= 0.6 is 0 Å². The van der Waals surface area contributed by atoms with E-state index in [0.29, 0.717) is 18.8 Å². The summed E-state index contributed by atoms with van der Waals surface area (Å²) in [6, 6.07) is 6.52. The van der Waals surface area contributed by atoms with Crippen LogP contribution in [0.4, 0.5) is 13.2 Å². The van der Waals surface area contributed by atoms with Crippen molar-refractivity contribution in [3.05, 3.63) is 51.9 Å². The molecule has 3 rings (SSSR count). The van der Waals surface area contributed by atoms with Gasteiger partial charge in [0.05, 0.1) is 5.56 Å². The monoisotopic (exact) mass is 408 g/mol. The third-order valence-corrected chi connectivity index (χ3v) is 4.72. The van der Waals surface area contributed by atoms with Crippen molar-refractivity contribution in [1.29, 1.82) is 0 Å². The molecule has 1 fully saturated rings. The number of carbonyl (C=O) groups is 2. The van der Waals surface area contributed by atoms with E-state index in [9.17, 15) is 27.6 Å². The summed E-state index contributed by atoms with van der Waals surface area (Å²) in [4.78, 5) is 38.1. The number of carbonyl (C=O) groups excluding carboxylic acids is 2. The fourth-order valence-corrected chi connectivity index (χ4v) is 3.20. The topological polar surface area (TPSA) is 79.5 Å². The van der Waals surface area contributed by atoms with Crippen LogP contribution in [0.3, 0.4) is 0 Å². The van der Waals surface area contributed by atoms with E-state index in [1.54, 1.807) is 9.88 Å². The Kier molecular flexibility index (Phi) is 6.05. The summed E-state index contributed by atoms with van der Waals surface area (Å²) in [6.07, 6.45) is -1.57. The lowest BCUT2D eigenvalue weighted by Gasteiger charge is -2.26. The van der Waals surface area contributed by atoms with Gasteiger partial charge in [-0.25, -0.2) is 0 Å². The number of hydrogen-bond acceptors (Lipinski definition) is 4. The number of halogens is 3. The first-order valence-corrected chi connectivity index (χ1v) is 9.10. The molecule has 1 aromatic carbocycles. The number of aldehydes is 1. The predicted octanol–water partition coefficient (Wildman–Crippen LogP) is 3.26. The van der Waals surface area contributed by atoms with Crippen LogP contribution in [0.15, 0.2) is 35.1 Å². The number of aromatic nitrogens is 1. The maximum Gasteiger partial charge on any atom is 0.431 e. The summed E-state index contributed by atoms with van der Waals surface area (Å²) >= 11 is 0. The summed E-state index contributed by atoms with van der Waals surface area (Å²) in [5, 5.41) is 0. The summed E-state index contributed by atoms with van der Waals surface area (Å²) in [5.74, 6) is 0.192. The molecule has 2 aromatic rings. The highest BCUT2D eigenvalue weighted by molar-refractivity contribution is 5.79. The molecule has 0 saturated carbocycles. The molecule has 2 heterocycles. The summed E-state index contributed by atoms with van der Waals surface area (Å²) in [6.45, 7) is 1.25. The number of nitrogens with zero attached hydrogens (tertiary/aromatic N) is 1. The van der Waals surface area contributed by atoms with Gasteiger partial charge in [-0.1, -0.05) is 12.1 Å². The van der Waals surface area contributed by atoms with Gasteiger partial charge >= 0.3 is 6.18 Å². The molecule has 0 unspecified atom stereocenters. The summed E-state index contributed by atoms with van der Waals surface area (Å²) < 4.78 is 45.3. The average molecular weight is 408 g/mol. The van der Waals surface area contributed by atoms with Crippen molar-refractivity contribution in [2.75, 3.05) is 19.7 Å². The highest BCUT2D eigenvalue weighted by Gasteiger charge is 2.35. The van der Waals surface area contributed by atoms with Crippen molar-refractivity contribution in [1.82, 2.24) is 9.88 Å². The minimum absolute atomic E-state index is 0.135. The van der Waals surface area contributed by atoms with Crippen LogP contribution in [0, 0.1) is 0 Å². The molecule has 154 valence electrons. The fraction of sp³-hybridized carbons (Fsp3) is 0.350. The standard InChI is InChI=1S/C20H19F3N2O4/c21-20(22,23)18-16(10-14(11-26)19(28)24-18)13-4-6-15(7-5-13)29-12-17(27)25-8-2-1-3-9-25/h4-7,10-11H,1-3,8-9,12H2,(H,24,28). The number of alkyl halides is 3. The number of likely N-dealkylation sites (tertiary alicyclic amines) is 1. The van der Waals surface area contributed by atoms with Gasteiger partial charge in [-0.05, 0) is 43.0 Å². The van der Waals surface area contributed by atoms with E-state index in [-0.39, 0.29) is 29.9 Å². The van der Waals surface area contributed by atoms with Gasteiger partial charge < -0.3 is 14.6 Å². The molecular formula is C20H19F3N2O4. The van der Waals surface area contributed by atoms with Gasteiger partial charge in [0.25, 0.3) is 11.5 Å². The Morgan fingerprint density at radius 1 is 1.14 bits per heavy atom. The Labute approximate surface area is 164 Å². The van der Waals surface area contributed by atoms with E-state index in [2.05, 4.69) is 0 Å². The maximum absolute atomic E-state index is 13.3. The molecule has 9 heteroatoms. The molecule has 1 saturated heterocycles. The number of benzene rings is 1. The van der Waals surface area contributed by atoms with Gasteiger partial charge in [-0.2, -0.15) is 13.2 Å². The average Bonchev–Trinajstić information content (AvgIpc) is 2.72. The lowest BCUT2D eigenvalue weighted by Crippen LogP contribution is -2.38. The third kappa shape index (κ3) is 4.85. The van der Waals surface area contributed by atoms with Crippen LogP contribution < -0.4 is 10.3 Å². The largest absolute Gasteiger partial charge is 0.484 e. The molecule has 1 aromatic heterocycles. The quantitative estimate of drug-likeness (QED) is 0.771. The highest BCUT2D eigenvalue weighted by Crippen LogP contribution is 2.35. The van der Waals surface area contributed by atoms with Crippen LogP contribution in [-0.2, 0) is 11.0 Å². The molecule has 1 N–H and O–H groups in total. The van der Waals surface area contributed by atoms with E-state index in [0.717, 1.165) is 25.3 Å². The van der Waals surface area contributed by atoms with E-state index in [1.165, 1.54) is 24.3 Å². The number of hydrogen-bond donors (Lipinski definition) is 1. The number of aromatic amines is 1. The number of nitrogens with one attached hydrogen (secondary N) is 1. The van der Waals surface area contributed by atoms with Crippen LogP contribution in [0.5, 0.6) is 5.75 Å².